The fourth-order valence-corrected chi connectivity index (χ4v) is 2.13. The molecule has 1 rings (SSSR count). The van der Waals surface area contributed by atoms with Gasteiger partial charge >= 0.3 is 5.97 Å². The first kappa shape index (κ1) is 16.2. The third-order valence-corrected chi connectivity index (χ3v) is 3.97. The lowest BCUT2D eigenvalue weighted by atomic mass is 10.0. The topological polar surface area (TPSA) is 26.3 Å². The Labute approximate surface area is 129 Å². The molecule has 0 amide bonds. The molecule has 104 valence electrons. The maximum absolute atomic E-state index is 11.4. The number of carbonyl (C=O) groups is 1. The fraction of sp³-hybridized carbons (Fsp3) is 0.438. The van der Waals surface area contributed by atoms with Crippen molar-refractivity contribution >= 4 is 28.6 Å². The van der Waals surface area contributed by atoms with Gasteiger partial charge in [0, 0.05) is 17.3 Å². The van der Waals surface area contributed by atoms with Gasteiger partial charge in [-0.05, 0) is 18.4 Å². The lowest BCUT2D eigenvalue weighted by molar-refractivity contribution is -0.148. The molecule has 0 bridgehead atoms. The Morgan fingerprint density at radius 1 is 1.37 bits per heavy atom. The second kappa shape index (κ2) is 9.13. The number of carbonyl (C=O) groups excluding carboxylic acids is 1. The number of ether oxygens (including phenoxy) is 1. The minimum Gasteiger partial charge on any atom is -0.462 e. The molecule has 0 saturated heterocycles. The molecule has 0 heterocycles. The number of hydrogen-bond acceptors (Lipinski definition) is 2. The van der Waals surface area contributed by atoms with E-state index < -0.39 is 0 Å². The number of rotatable bonds is 8. The summed E-state index contributed by atoms with van der Waals surface area (Å²) in [5.41, 5.74) is 2.41. The van der Waals surface area contributed by atoms with Crippen molar-refractivity contribution in [1.82, 2.24) is 0 Å². The smallest absolute Gasteiger partial charge is 0.305 e. The van der Waals surface area contributed by atoms with Gasteiger partial charge in [0.05, 0.1) is 0 Å². The lowest BCUT2D eigenvalue weighted by Crippen LogP contribution is -2.19. The van der Waals surface area contributed by atoms with Crippen LogP contribution in [-0.4, -0.2) is 16.5 Å². The summed E-state index contributed by atoms with van der Waals surface area (Å²) in [5.74, 6) is -0.126. The molecule has 1 atom stereocenters. The first-order chi connectivity index (χ1) is 9.15. The summed E-state index contributed by atoms with van der Waals surface area (Å²) in [6, 6.07) is 10.3. The van der Waals surface area contributed by atoms with Crippen LogP contribution in [0.2, 0.25) is 0 Å². The summed E-state index contributed by atoms with van der Waals surface area (Å²) in [6.07, 6.45) is 2.93. The van der Waals surface area contributed by atoms with Crippen molar-refractivity contribution < 1.29 is 9.53 Å². The van der Waals surface area contributed by atoms with Crippen LogP contribution in [-0.2, 0) is 16.0 Å². The Morgan fingerprint density at radius 3 is 2.63 bits per heavy atom. The molecule has 0 N–H and O–H groups in total. The minimum atomic E-state index is -0.126. The van der Waals surface area contributed by atoms with Gasteiger partial charge in [0.2, 0.25) is 0 Å². The van der Waals surface area contributed by atoms with E-state index in [0.717, 1.165) is 29.3 Å². The SMILES string of the molecule is C=C(CI)C[C@@H](CCc1ccccc1)OC(=O)CC. The molecule has 0 radical (unpaired) electrons. The molecule has 1 aromatic rings. The van der Waals surface area contributed by atoms with Crippen LogP contribution in [0.3, 0.4) is 0 Å². The molecule has 2 nitrogen and oxygen atoms in total. The third kappa shape index (κ3) is 6.76. The Kier molecular flexibility index (Phi) is 7.79. The van der Waals surface area contributed by atoms with E-state index in [-0.39, 0.29) is 12.1 Å². The third-order valence-electron chi connectivity index (χ3n) is 2.89. The summed E-state index contributed by atoms with van der Waals surface area (Å²) >= 11 is 2.29. The highest BCUT2D eigenvalue weighted by Gasteiger charge is 2.14. The highest BCUT2D eigenvalue weighted by molar-refractivity contribution is 14.1. The normalized spacial score (nSPS) is 11.9. The molecule has 1 aromatic carbocycles. The number of alkyl halides is 1. The van der Waals surface area contributed by atoms with Gasteiger partial charge in [0.15, 0.2) is 0 Å². The molecule has 0 spiro atoms. The maximum Gasteiger partial charge on any atom is 0.305 e. The molecule has 0 saturated carbocycles. The summed E-state index contributed by atoms with van der Waals surface area (Å²) < 4.78 is 6.40. The van der Waals surface area contributed by atoms with Gasteiger partial charge in [-0.3, -0.25) is 4.79 Å². The van der Waals surface area contributed by atoms with Crippen molar-refractivity contribution in [2.24, 2.45) is 0 Å². The zero-order valence-electron chi connectivity index (χ0n) is 11.4. The number of halogens is 1. The number of aryl methyl sites for hydroxylation is 1. The zero-order chi connectivity index (χ0) is 14.1. The van der Waals surface area contributed by atoms with Crippen molar-refractivity contribution in [2.75, 3.05) is 4.43 Å². The van der Waals surface area contributed by atoms with Gasteiger partial charge in [-0.25, -0.2) is 0 Å². The molecule has 19 heavy (non-hydrogen) atoms. The Hall–Kier alpha value is -0.840. The van der Waals surface area contributed by atoms with Gasteiger partial charge in [0.1, 0.15) is 6.10 Å². The molecular weight excluding hydrogens is 351 g/mol. The van der Waals surface area contributed by atoms with E-state index in [1.54, 1.807) is 0 Å². The highest BCUT2D eigenvalue weighted by Crippen LogP contribution is 2.16. The van der Waals surface area contributed by atoms with Gasteiger partial charge in [-0.2, -0.15) is 0 Å². The van der Waals surface area contributed by atoms with E-state index in [0.29, 0.717) is 6.42 Å². The number of esters is 1. The first-order valence-corrected chi connectivity index (χ1v) is 8.14. The number of hydrogen-bond donors (Lipinski definition) is 0. The molecule has 0 fully saturated rings. The van der Waals surface area contributed by atoms with Crippen LogP contribution in [0.1, 0.15) is 31.7 Å². The van der Waals surface area contributed by atoms with Gasteiger partial charge < -0.3 is 4.74 Å². The second-order valence-corrected chi connectivity index (χ2v) is 5.34. The Morgan fingerprint density at radius 2 is 2.05 bits per heavy atom. The fourth-order valence-electron chi connectivity index (χ4n) is 1.82. The number of benzene rings is 1. The van der Waals surface area contributed by atoms with Crippen LogP contribution in [0.15, 0.2) is 42.5 Å². The van der Waals surface area contributed by atoms with Crippen LogP contribution in [0, 0.1) is 0 Å². The molecule has 0 aliphatic rings. The van der Waals surface area contributed by atoms with E-state index in [1.807, 2.05) is 25.1 Å². The van der Waals surface area contributed by atoms with Gasteiger partial charge in [-0.1, -0.05) is 72.0 Å². The lowest BCUT2D eigenvalue weighted by Gasteiger charge is -2.18. The van der Waals surface area contributed by atoms with Crippen molar-refractivity contribution in [3.8, 4) is 0 Å². The molecule has 0 aliphatic heterocycles. The summed E-state index contributed by atoms with van der Waals surface area (Å²) in [5, 5.41) is 0. The van der Waals surface area contributed by atoms with E-state index in [1.165, 1.54) is 5.56 Å². The van der Waals surface area contributed by atoms with E-state index in [4.69, 9.17) is 4.74 Å². The summed E-state index contributed by atoms with van der Waals surface area (Å²) in [6.45, 7) is 5.83. The van der Waals surface area contributed by atoms with Gasteiger partial charge in [0.25, 0.3) is 0 Å². The van der Waals surface area contributed by atoms with Crippen LogP contribution in [0.4, 0.5) is 0 Å². The molecule has 3 heteroatoms. The predicted octanol–water partition coefficient (Wildman–Crippen LogP) is 4.32. The Bertz CT molecular complexity index is 382. The summed E-state index contributed by atoms with van der Waals surface area (Å²) in [7, 11) is 0. The van der Waals surface area contributed by atoms with Crippen molar-refractivity contribution in [3.63, 3.8) is 0 Å². The van der Waals surface area contributed by atoms with Gasteiger partial charge in [-0.15, -0.1) is 0 Å². The van der Waals surface area contributed by atoms with Crippen LogP contribution in [0.25, 0.3) is 0 Å². The molecular formula is C16H21IO2. The van der Waals surface area contributed by atoms with Crippen LogP contribution >= 0.6 is 22.6 Å². The average molecular weight is 372 g/mol. The largest absolute Gasteiger partial charge is 0.462 e. The zero-order valence-corrected chi connectivity index (χ0v) is 13.6. The van der Waals surface area contributed by atoms with Crippen molar-refractivity contribution in [1.29, 1.82) is 0 Å². The quantitative estimate of drug-likeness (QED) is 0.294. The van der Waals surface area contributed by atoms with Crippen molar-refractivity contribution in [2.45, 2.75) is 38.7 Å². The molecule has 0 aromatic heterocycles. The molecule has 0 aliphatic carbocycles. The monoisotopic (exact) mass is 372 g/mol. The van der Waals surface area contributed by atoms with Crippen molar-refractivity contribution in [3.05, 3.63) is 48.0 Å². The second-order valence-electron chi connectivity index (χ2n) is 4.58. The van der Waals surface area contributed by atoms with Crippen LogP contribution in [0.5, 0.6) is 0 Å². The standard InChI is InChI=1S/C16H21IO2/c1-3-16(18)19-15(11-13(2)12-17)10-9-14-7-5-4-6-8-14/h4-8,15H,2-3,9-12H2,1H3/t15-/m1/s1. The predicted molar refractivity (Wildman–Crippen MR) is 87.6 cm³/mol. The van der Waals surface area contributed by atoms with Crippen LogP contribution < -0.4 is 0 Å². The van der Waals surface area contributed by atoms with E-state index in [9.17, 15) is 4.79 Å². The highest BCUT2D eigenvalue weighted by atomic mass is 127. The van der Waals surface area contributed by atoms with E-state index in [2.05, 4.69) is 41.3 Å². The molecule has 0 unspecified atom stereocenters. The first-order valence-electron chi connectivity index (χ1n) is 6.61. The summed E-state index contributed by atoms with van der Waals surface area (Å²) in [4.78, 5) is 11.4. The average Bonchev–Trinajstić information content (AvgIpc) is 2.45. The van der Waals surface area contributed by atoms with E-state index >= 15 is 0 Å². The maximum atomic E-state index is 11.4. The Balaban J connectivity index is 2.53. The minimum absolute atomic E-state index is 0.0464.